The van der Waals surface area contributed by atoms with Crippen molar-refractivity contribution in [1.29, 1.82) is 0 Å². The van der Waals surface area contributed by atoms with Crippen molar-refractivity contribution in [3.05, 3.63) is 70.7 Å². The maximum atomic E-state index is 12.9. The quantitative estimate of drug-likeness (QED) is 0.893. The van der Waals surface area contributed by atoms with Gasteiger partial charge in [0.05, 0.1) is 0 Å². The molecule has 1 saturated heterocycles. The summed E-state index contributed by atoms with van der Waals surface area (Å²) in [6.45, 7) is 1.53. The summed E-state index contributed by atoms with van der Waals surface area (Å²) >= 11 is 5.87. The maximum absolute atomic E-state index is 12.9. The Bertz CT molecular complexity index is 725. The third kappa shape index (κ3) is 4.60. The van der Waals surface area contributed by atoms with E-state index >= 15 is 0 Å². The second-order valence-corrected chi connectivity index (χ2v) is 6.69. The fraction of sp³-hybridized carbons (Fsp3) is 0.300. The lowest BCUT2D eigenvalue weighted by molar-refractivity contribution is -0.132. The summed E-state index contributed by atoms with van der Waals surface area (Å²) in [7, 11) is 0. The van der Waals surface area contributed by atoms with Gasteiger partial charge in [0.25, 0.3) is 5.91 Å². The van der Waals surface area contributed by atoms with Crippen molar-refractivity contribution in [3.8, 4) is 0 Å². The van der Waals surface area contributed by atoms with Crippen LogP contribution in [0.2, 0.25) is 5.02 Å². The van der Waals surface area contributed by atoms with Gasteiger partial charge in [-0.15, -0.1) is 0 Å². The van der Waals surface area contributed by atoms with Crippen LogP contribution < -0.4 is 5.32 Å². The Morgan fingerprint density at radius 3 is 2.28 bits per heavy atom. The first-order valence-corrected chi connectivity index (χ1v) is 8.90. The molecule has 1 N–H and O–H groups in total. The van der Waals surface area contributed by atoms with Crippen molar-refractivity contribution < 1.29 is 9.59 Å². The summed E-state index contributed by atoms with van der Waals surface area (Å²) in [6.07, 6.45) is 2.53. The molecule has 2 amide bonds. The van der Waals surface area contributed by atoms with Gasteiger partial charge in [-0.05, 0) is 42.7 Å². The van der Waals surface area contributed by atoms with Crippen molar-refractivity contribution in [1.82, 2.24) is 10.2 Å². The van der Waals surface area contributed by atoms with Gasteiger partial charge in [0.15, 0.2) is 0 Å². The molecule has 5 heteroatoms. The molecule has 0 spiro atoms. The number of likely N-dealkylation sites (tertiary alicyclic amines) is 1. The Balaban J connectivity index is 1.76. The van der Waals surface area contributed by atoms with Gasteiger partial charge in [-0.25, -0.2) is 0 Å². The molecule has 4 nitrogen and oxygen atoms in total. The van der Waals surface area contributed by atoms with Gasteiger partial charge >= 0.3 is 0 Å². The molecule has 1 heterocycles. The molecule has 1 atom stereocenters. The molecule has 0 radical (unpaired) electrons. The summed E-state index contributed by atoms with van der Waals surface area (Å²) in [4.78, 5) is 27.3. The fourth-order valence-electron chi connectivity index (χ4n) is 3.05. The normalized spacial score (nSPS) is 15.0. The molecule has 2 aromatic rings. The van der Waals surface area contributed by atoms with Crippen LogP contribution in [0.4, 0.5) is 0 Å². The molecule has 0 aliphatic carbocycles. The van der Waals surface area contributed by atoms with Crippen LogP contribution in [-0.2, 0) is 11.2 Å². The van der Waals surface area contributed by atoms with Crippen LogP contribution in [0.5, 0.6) is 0 Å². The Morgan fingerprint density at radius 1 is 1.00 bits per heavy atom. The SMILES string of the molecule is O=C(N[C@@H](Cc1ccccc1)C(=O)N1CCCC1)c1ccc(Cl)cc1. The summed E-state index contributed by atoms with van der Waals surface area (Å²) < 4.78 is 0. The predicted molar refractivity (Wildman–Crippen MR) is 98.7 cm³/mol. The number of nitrogens with zero attached hydrogens (tertiary/aromatic N) is 1. The van der Waals surface area contributed by atoms with E-state index in [0.29, 0.717) is 17.0 Å². The number of hydrogen-bond acceptors (Lipinski definition) is 2. The van der Waals surface area contributed by atoms with Crippen LogP contribution in [0.15, 0.2) is 54.6 Å². The number of nitrogens with one attached hydrogen (secondary N) is 1. The Kier molecular flexibility index (Phi) is 5.71. The van der Waals surface area contributed by atoms with Crippen molar-refractivity contribution in [2.45, 2.75) is 25.3 Å². The number of halogens is 1. The van der Waals surface area contributed by atoms with Crippen molar-refractivity contribution in [2.24, 2.45) is 0 Å². The first-order chi connectivity index (χ1) is 12.1. The zero-order chi connectivity index (χ0) is 17.6. The minimum atomic E-state index is -0.566. The third-order valence-electron chi connectivity index (χ3n) is 4.41. The number of hydrogen-bond donors (Lipinski definition) is 1. The Morgan fingerprint density at radius 2 is 1.64 bits per heavy atom. The molecule has 2 aromatic carbocycles. The second kappa shape index (κ2) is 8.17. The summed E-state index contributed by atoms with van der Waals surface area (Å²) in [5, 5.41) is 3.48. The number of carbonyl (C=O) groups excluding carboxylic acids is 2. The standard InChI is InChI=1S/C20H21ClN2O2/c21-17-10-8-16(9-11-17)19(24)22-18(14-15-6-2-1-3-7-15)20(25)23-12-4-5-13-23/h1-3,6-11,18H,4-5,12-14H2,(H,22,24)/t18-/m0/s1. The van der Waals surface area contributed by atoms with Crippen molar-refractivity contribution >= 4 is 23.4 Å². The van der Waals surface area contributed by atoms with Gasteiger partial charge in [-0.2, -0.15) is 0 Å². The van der Waals surface area contributed by atoms with E-state index in [9.17, 15) is 9.59 Å². The molecule has 0 saturated carbocycles. The highest BCUT2D eigenvalue weighted by atomic mass is 35.5. The van der Waals surface area contributed by atoms with E-state index in [4.69, 9.17) is 11.6 Å². The monoisotopic (exact) mass is 356 g/mol. The van der Waals surface area contributed by atoms with E-state index in [-0.39, 0.29) is 11.8 Å². The molecule has 0 unspecified atom stereocenters. The number of carbonyl (C=O) groups is 2. The Labute approximate surface area is 152 Å². The van der Waals surface area contributed by atoms with Gasteiger partial charge in [0, 0.05) is 30.1 Å². The molecule has 1 aliphatic heterocycles. The minimum Gasteiger partial charge on any atom is -0.341 e. The molecule has 130 valence electrons. The lowest BCUT2D eigenvalue weighted by Crippen LogP contribution is -2.49. The van der Waals surface area contributed by atoms with E-state index in [1.165, 1.54) is 0 Å². The first kappa shape index (κ1) is 17.5. The van der Waals surface area contributed by atoms with Crippen molar-refractivity contribution in [3.63, 3.8) is 0 Å². The smallest absolute Gasteiger partial charge is 0.251 e. The topological polar surface area (TPSA) is 49.4 Å². The number of amides is 2. The lowest BCUT2D eigenvalue weighted by Gasteiger charge is -2.24. The molecule has 0 bridgehead atoms. The second-order valence-electron chi connectivity index (χ2n) is 6.26. The molecular formula is C20H21ClN2O2. The van der Waals surface area contributed by atoms with E-state index in [0.717, 1.165) is 31.5 Å². The fourth-order valence-corrected chi connectivity index (χ4v) is 3.18. The average Bonchev–Trinajstić information content (AvgIpc) is 3.16. The number of benzene rings is 2. The van der Waals surface area contributed by atoms with Crippen molar-refractivity contribution in [2.75, 3.05) is 13.1 Å². The van der Waals surface area contributed by atoms with E-state index in [2.05, 4.69) is 5.32 Å². The average molecular weight is 357 g/mol. The van der Waals surface area contributed by atoms with Crippen LogP contribution in [0, 0.1) is 0 Å². The summed E-state index contributed by atoms with van der Waals surface area (Å²) in [5.41, 5.74) is 1.52. The van der Waals surface area contributed by atoms with Gasteiger partial charge in [0.2, 0.25) is 5.91 Å². The van der Waals surface area contributed by atoms with Gasteiger partial charge in [-0.1, -0.05) is 41.9 Å². The minimum absolute atomic E-state index is 0.0105. The zero-order valence-electron chi connectivity index (χ0n) is 14.0. The van der Waals surface area contributed by atoms with Crippen LogP contribution in [-0.4, -0.2) is 35.8 Å². The summed E-state index contributed by atoms with van der Waals surface area (Å²) in [6, 6.07) is 15.9. The van der Waals surface area contributed by atoms with Crippen LogP contribution in [0.25, 0.3) is 0 Å². The Hall–Kier alpha value is -2.33. The van der Waals surface area contributed by atoms with Crippen LogP contribution in [0.1, 0.15) is 28.8 Å². The first-order valence-electron chi connectivity index (χ1n) is 8.52. The van der Waals surface area contributed by atoms with E-state index in [1.807, 2.05) is 35.2 Å². The van der Waals surface area contributed by atoms with Gasteiger partial charge < -0.3 is 10.2 Å². The largest absolute Gasteiger partial charge is 0.341 e. The summed E-state index contributed by atoms with van der Waals surface area (Å²) in [5.74, 6) is -0.270. The molecule has 0 aromatic heterocycles. The van der Waals surface area contributed by atoms with Crippen LogP contribution >= 0.6 is 11.6 Å². The molecular weight excluding hydrogens is 336 g/mol. The van der Waals surface area contributed by atoms with Crippen LogP contribution in [0.3, 0.4) is 0 Å². The molecule has 25 heavy (non-hydrogen) atoms. The number of rotatable bonds is 5. The van der Waals surface area contributed by atoms with Gasteiger partial charge in [-0.3, -0.25) is 9.59 Å². The highest BCUT2D eigenvalue weighted by Gasteiger charge is 2.28. The lowest BCUT2D eigenvalue weighted by atomic mass is 10.0. The molecule has 3 rings (SSSR count). The third-order valence-corrected chi connectivity index (χ3v) is 4.66. The highest BCUT2D eigenvalue weighted by molar-refractivity contribution is 6.30. The maximum Gasteiger partial charge on any atom is 0.251 e. The zero-order valence-corrected chi connectivity index (χ0v) is 14.7. The van der Waals surface area contributed by atoms with E-state index in [1.54, 1.807) is 24.3 Å². The molecule has 1 fully saturated rings. The molecule has 1 aliphatic rings. The van der Waals surface area contributed by atoms with E-state index < -0.39 is 6.04 Å². The highest BCUT2D eigenvalue weighted by Crippen LogP contribution is 2.14. The van der Waals surface area contributed by atoms with Gasteiger partial charge in [0.1, 0.15) is 6.04 Å². The predicted octanol–water partition coefficient (Wildman–Crippen LogP) is 3.30.